The van der Waals surface area contributed by atoms with Crippen LogP contribution in [0.2, 0.25) is 0 Å². The Hall–Kier alpha value is -2.57. The number of hydrogen-bond donors (Lipinski definition) is 2. The molecule has 2 fully saturated rings. The predicted molar refractivity (Wildman–Crippen MR) is 90.7 cm³/mol. The van der Waals surface area contributed by atoms with Crippen molar-refractivity contribution >= 4 is 28.5 Å². The number of likely N-dealkylation sites (tertiary alicyclic amines) is 1. The molecule has 0 radical (unpaired) electrons. The molecule has 2 saturated heterocycles. The summed E-state index contributed by atoms with van der Waals surface area (Å²) in [6.07, 6.45) is 3.56. The molecule has 2 N–H and O–H groups in total. The highest BCUT2D eigenvalue weighted by Crippen LogP contribution is 2.28. The summed E-state index contributed by atoms with van der Waals surface area (Å²) in [5, 5.41) is 11.2. The first-order valence-electron chi connectivity index (χ1n) is 8.48. The highest BCUT2D eigenvalue weighted by Gasteiger charge is 2.42. The highest BCUT2D eigenvalue weighted by molar-refractivity contribution is 5.93. The monoisotopic (exact) mass is 327 g/mol. The summed E-state index contributed by atoms with van der Waals surface area (Å²) in [5.41, 5.74) is 1.76. The van der Waals surface area contributed by atoms with Gasteiger partial charge in [0.25, 0.3) is 0 Å². The van der Waals surface area contributed by atoms with Crippen LogP contribution in [0.3, 0.4) is 0 Å². The lowest BCUT2D eigenvalue weighted by molar-refractivity contribution is -0.123. The van der Waals surface area contributed by atoms with Gasteiger partial charge in [0.2, 0.25) is 5.91 Å². The van der Waals surface area contributed by atoms with Crippen molar-refractivity contribution in [3.63, 3.8) is 0 Å². The normalized spacial score (nSPS) is 23.2. The van der Waals surface area contributed by atoms with Crippen LogP contribution >= 0.6 is 0 Å². The molecular weight excluding hydrogens is 306 g/mol. The Bertz CT molecular complexity index is 799. The van der Waals surface area contributed by atoms with E-state index in [0.29, 0.717) is 13.1 Å². The van der Waals surface area contributed by atoms with Crippen LogP contribution in [0, 0.1) is 5.92 Å². The molecule has 126 valence electrons. The molecule has 1 aromatic carbocycles. The molecule has 0 spiro atoms. The molecular formula is C17H21N5O2. The molecule has 3 heterocycles. The smallest absolute Gasteiger partial charge is 0.322 e. The van der Waals surface area contributed by atoms with Gasteiger partial charge >= 0.3 is 6.03 Å². The van der Waals surface area contributed by atoms with E-state index in [1.165, 1.54) is 0 Å². The first-order valence-corrected chi connectivity index (χ1v) is 8.48. The van der Waals surface area contributed by atoms with Crippen molar-refractivity contribution in [2.75, 3.05) is 18.4 Å². The summed E-state index contributed by atoms with van der Waals surface area (Å²) in [6, 6.07) is 5.63. The molecule has 2 atom stereocenters. The van der Waals surface area contributed by atoms with Crippen molar-refractivity contribution in [3.8, 4) is 0 Å². The zero-order chi connectivity index (χ0) is 16.7. The molecule has 4 rings (SSSR count). The Kier molecular flexibility index (Phi) is 3.63. The molecule has 0 saturated carbocycles. The Morgan fingerprint density at radius 2 is 2.33 bits per heavy atom. The number of carbonyl (C=O) groups excluding carboxylic acids is 2. The SMILES string of the molecule is CCn1ncc2ccc(NC(=O)N3CCCC4C(=O)NCC43)cc21. The largest absolute Gasteiger partial charge is 0.354 e. The lowest BCUT2D eigenvalue weighted by Gasteiger charge is -2.35. The lowest BCUT2D eigenvalue weighted by atomic mass is 9.92. The summed E-state index contributed by atoms with van der Waals surface area (Å²) in [4.78, 5) is 26.3. The number of urea groups is 1. The predicted octanol–water partition coefficient (Wildman–Crippen LogP) is 1.80. The quantitative estimate of drug-likeness (QED) is 0.883. The van der Waals surface area contributed by atoms with E-state index in [1.54, 1.807) is 4.90 Å². The maximum Gasteiger partial charge on any atom is 0.322 e. The highest BCUT2D eigenvalue weighted by atomic mass is 16.2. The molecule has 0 aliphatic carbocycles. The van der Waals surface area contributed by atoms with E-state index in [0.717, 1.165) is 36.0 Å². The molecule has 24 heavy (non-hydrogen) atoms. The number of benzene rings is 1. The van der Waals surface area contributed by atoms with Crippen LogP contribution < -0.4 is 10.6 Å². The van der Waals surface area contributed by atoms with E-state index in [9.17, 15) is 9.59 Å². The van der Waals surface area contributed by atoms with Gasteiger partial charge in [-0.25, -0.2) is 4.79 Å². The lowest BCUT2D eigenvalue weighted by Crippen LogP contribution is -2.50. The zero-order valence-corrected chi connectivity index (χ0v) is 13.7. The van der Waals surface area contributed by atoms with Crippen LogP contribution in [-0.2, 0) is 11.3 Å². The fraction of sp³-hybridized carbons (Fsp3) is 0.471. The number of aryl methyl sites for hydroxylation is 1. The van der Waals surface area contributed by atoms with E-state index in [1.807, 2.05) is 36.0 Å². The minimum atomic E-state index is -0.136. The number of aromatic nitrogens is 2. The molecule has 7 heteroatoms. The number of rotatable bonds is 2. The number of hydrogen-bond acceptors (Lipinski definition) is 3. The fourth-order valence-corrected chi connectivity index (χ4v) is 3.80. The summed E-state index contributed by atoms with van der Waals surface area (Å²) >= 11 is 0. The van der Waals surface area contributed by atoms with Crippen LogP contribution in [0.1, 0.15) is 19.8 Å². The summed E-state index contributed by atoms with van der Waals surface area (Å²) in [6.45, 7) is 4.07. The van der Waals surface area contributed by atoms with Gasteiger partial charge in [0.15, 0.2) is 0 Å². The van der Waals surface area contributed by atoms with Gasteiger partial charge in [0.05, 0.1) is 23.7 Å². The fourth-order valence-electron chi connectivity index (χ4n) is 3.80. The topological polar surface area (TPSA) is 79.3 Å². The number of nitrogens with one attached hydrogen (secondary N) is 2. The van der Waals surface area contributed by atoms with Crippen molar-refractivity contribution in [1.82, 2.24) is 20.0 Å². The number of nitrogens with zero attached hydrogens (tertiary/aromatic N) is 3. The average molecular weight is 327 g/mol. The van der Waals surface area contributed by atoms with Crippen LogP contribution in [-0.4, -0.2) is 45.8 Å². The maximum absolute atomic E-state index is 12.7. The van der Waals surface area contributed by atoms with Gasteiger partial charge in [-0.1, -0.05) is 0 Å². The summed E-state index contributed by atoms with van der Waals surface area (Å²) in [5.74, 6) is 0.0132. The first-order chi connectivity index (χ1) is 11.7. The molecule has 2 unspecified atom stereocenters. The second-order valence-electron chi connectivity index (χ2n) is 6.42. The van der Waals surface area contributed by atoms with E-state index < -0.39 is 0 Å². The molecule has 2 aliphatic heterocycles. The number of piperidine rings is 1. The zero-order valence-electron chi connectivity index (χ0n) is 13.7. The van der Waals surface area contributed by atoms with Crippen molar-refractivity contribution in [1.29, 1.82) is 0 Å². The van der Waals surface area contributed by atoms with E-state index in [-0.39, 0.29) is 23.9 Å². The minimum absolute atomic E-state index is 0.0313. The van der Waals surface area contributed by atoms with Crippen molar-refractivity contribution in [2.45, 2.75) is 32.4 Å². The van der Waals surface area contributed by atoms with E-state index in [4.69, 9.17) is 0 Å². The van der Waals surface area contributed by atoms with Crippen molar-refractivity contribution in [2.24, 2.45) is 5.92 Å². The van der Waals surface area contributed by atoms with E-state index in [2.05, 4.69) is 15.7 Å². The van der Waals surface area contributed by atoms with Gasteiger partial charge in [-0.15, -0.1) is 0 Å². The summed E-state index contributed by atoms with van der Waals surface area (Å²) in [7, 11) is 0. The second-order valence-corrected chi connectivity index (χ2v) is 6.42. The third kappa shape index (κ3) is 2.40. The molecule has 2 aromatic rings. The van der Waals surface area contributed by atoms with Crippen LogP contribution in [0.15, 0.2) is 24.4 Å². The van der Waals surface area contributed by atoms with E-state index >= 15 is 0 Å². The molecule has 2 aliphatic rings. The van der Waals surface area contributed by atoms with Crippen LogP contribution in [0.5, 0.6) is 0 Å². The second kappa shape index (κ2) is 5.81. The van der Waals surface area contributed by atoms with Crippen LogP contribution in [0.4, 0.5) is 10.5 Å². The number of anilines is 1. The average Bonchev–Trinajstić information content (AvgIpc) is 3.18. The van der Waals surface area contributed by atoms with Gasteiger partial charge in [-0.2, -0.15) is 5.10 Å². The van der Waals surface area contributed by atoms with Crippen molar-refractivity contribution in [3.05, 3.63) is 24.4 Å². The van der Waals surface area contributed by atoms with Gasteiger partial charge < -0.3 is 15.5 Å². The third-order valence-electron chi connectivity index (χ3n) is 5.06. The molecule has 7 nitrogen and oxygen atoms in total. The third-order valence-corrected chi connectivity index (χ3v) is 5.06. The molecule has 0 bridgehead atoms. The Morgan fingerprint density at radius 3 is 3.17 bits per heavy atom. The maximum atomic E-state index is 12.7. The van der Waals surface area contributed by atoms with Gasteiger partial charge in [0.1, 0.15) is 0 Å². The molecule has 3 amide bonds. The summed E-state index contributed by atoms with van der Waals surface area (Å²) < 4.78 is 1.90. The van der Waals surface area contributed by atoms with Crippen LogP contribution in [0.25, 0.3) is 10.9 Å². The number of carbonyl (C=O) groups is 2. The Balaban J connectivity index is 1.54. The van der Waals surface area contributed by atoms with Gasteiger partial charge in [0, 0.05) is 30.7 Å². The Morgan fingerprint density at radius 1 is 1.46 bits per heavy atom. The minimum Gasteiger partial charge on any atom is -0.354 e. The van der Waals surface area contributed by atoms with Crippen molar-refractivity contribution < 1.29 is 9.59 Å². The van der Waals surface area contributed by atoms with Gasteiger partial charge in [-0.3, -0.25) is 9.48 Å². The standard InChI is InChI=1S/C17H21N5O2/c1-2-22-14-8-12(6-5-11(14)9-19-22)20-17(24)21-7-3-4-13-15(21)10-18-16(13)23/h5-6,8-9,13,15H,2-4,7,10H2,1H3,(H,18,23)(H,20,24). The number of amides is 3. The first kappa shape index (κ1) is 15.0. The molecule has 1 aromatic heterocycles. The van der Waals surface area contributed by atoms with Gasteiger partial charge in [-0.05, 0) is 38.0 Å². The Labute approximate surface area is 140 Å². The number of fused-ring (bicyclic) bond motifs is 2.